The first-order valence-corrected chi connectivity index (χ1v) is 5.15. The maximum Gasteiger partial charge on any atom is 0.127 e. The van der Waals surface area contributed by atoms with Crippen molar-refractivity contribution in [2.45, 2.75) is 5.92 Å². The van der Waals surface area contributed by atoms with Gasteiger partial charge >= 0.3 is 0 Å². The minimum atomic E-state index is -0.497. The Morgan fingerprint density at radius 1 is 1.24 bits per heavy atom. The van der Waals surface area contributed by atoms with E-state index in [1.807, 2.05) is 0 Å². The van der Waals surface area contributed by atoms with Crippen molar-refractivity contribution >= 4 is 0 Å². The van der Waals surface area contributed by atoms with Crippen molar-refractivity contribution in [2.24, 2.45) is 5.73 Å². The molecule has 0 radical (unpaired) electrons. The molecule has 2 aromatic rings. The molecule has 0 fully saturated rings. The summed E-state index contributed by atoms with van der Waals surface area (Å²) in [6.07, 6.45) is 1.51. The lowest BCUT2D eigenvalue weighted by atomic mass is 9.95. The van der Waals surface area contributed by atoms with Gasteiger partial charge in [-0.2, -0.15) is 10.2 Å². The zero-order chi connectivity index (χ0) is 12.3. The van der Waals surface area contributed by atoms with Crippen molar-refractivity contribution < 1.29 is 8.78 Å². The predicted octanol–water partition coefficient (Wildman–Crippen LogP) is 1.85. The van der Waals surface area contributed by atoms with E-state index in [2.05, 4.69) is 10.2 Å². The number of hydrogen-bond donors (Lipinski definition) is 1. The fourth-order valence-electron chi connectivity index (χ4n) is 1.69. The molecule has 0 saturated carbocycles. The van der Waals surface area contributed by atoms with E-state index in [-0.39, 0.29) is 12.1 Å². The molecule has 1 atom stereocenters. The van der Waals surface area contributed by atoms with E-state index < -0.39 is 17.6 Å². The Balaban J connectivity index is 2.46. The molecule has 17 heavy (non-hydrogen) atoms. The quantitative estimate of drug-likeness (QED) is 0.883. The largest absolute Gasteiger partial charge is 0.329 e. The molecule has 0 spiro atoms. The van der Waals surface area contributed by atoms with Crippen molar-refractivity contribution in [1.29, 1.82) is 0 Å². The lowest BCUT2D eigenvalue weighted by Crippen LogP contribution is -2.17. The van der Waals surface area contributed by atoms with Gasteiger partial charge in [-0.15, -0.1) is 0 Å². The molecule has 88 valence electrons. The van der Waals surface area contributed by atoms with Gasteiger partial charge in [0.15, 0.2) is 0 Å². The number of benzene rings is 1. The van der Waals surface area contributed by atoms with Gasteiger partial charge in [0, 0.05) is 24.2 Å². The molecule has 0 amide bonds. The first-order valence-electron chi connectivity index (χ1n) is 5.15. The molecule has 0 aliphatic heterocycles. The minimum Gasteiger partial charge on any atom is -0.329 e. The lowest BCUT2D eigenvalue weighted by molar-refractivity contribution is 0.571. The smallest absolute Gasteiger partial charge is 0.127 e. The third-order valence-electron chi connectivity index (χ3n) is 2.52. The zero-order valence-corrected chi connectivity index (χ0v) is 8.98. The molecule has 3 nitrogen and oxygen atoms in total. The summed E-state index contributed by atoms with van der Waals surface area (Å²) in [7, 11) is 0. The molecule has 1 heterocycles. The van der Waals surface area contributed by atoms with E-state index in [1.54, 1.807) is 12.1 Å². The summed E-state index contributed by atoms with van der Waals surface area (Å²) >= 11 is 0. The maximum atomic E-state index is 13.6. The molecule has 0 aliphatic rings. The third kappa shape index (κ3) is 2.45. The van der Waals surface area contributed by atoms with Gasteiger partial charge in [-0.1, -0.05) is 0 Å². The predicted molar refractivity (Wildman–Crippen MR) is 59.3 cm³/mol. The van der Waals surface area contributed by atoms with Gasteiger partial charge in [0.2, 0.25) is 0 Å². The highest BCUT2D eigenvalue weighted by Crippen LogP contribution is 2.24. The number of nitrogens with zero attached hydrogens (tertiary/aromatic N) is 2. The highest BCUT2D eigenvalue weighted by molar-refractivity contribution is 5.30. The van der Waals surface area contributed by atoms with Crippen molar-refractivity contribution in [3.8, 4) is 0 Å². The second-order valence-electron chi connectivity index (χ2n) is 3.60. The fraction of sp³-hybridized carbons (Fsp3) is 0.167. The summed E-state index contributed by atoms with van der Waals surface area (Å²) in [4.78, 5) is 0. The van der Waals surface area contributed by atoms with Crippen LogP contribution in [0.15, 0.2) is 36.5 Å². The number of hydrogen-bond acceptors (Lipinski definition) is 3. The molecular formula is C12H11F2N3. The SMILES string of the molecule is NCC(c1cccnn1)c1cc(F)ccc1F. The van der Waals surface area contributed by atoms with Gasteiger partial charge in [0.05, 0.1) is 5.69 Å². The third-order valence-corrected chi connectivity index (χ3v) is 2.52. The van der Waals surface area contributed by atoms with E-state index >= 15 is 0 Å². The van der Waals surface area contributed by atoms with Crippen LogP contribution in [0, 0.1) is 11.6 Å². The van der Waals surface area contributed by atoms with Gasteiger partial charge in [0.1, 0.15) is 11.6 Å². The van der Waals surface area contributed by atoms with Crippen molar-refractivity contribution in [2.75, 3.05) is 6.54 Å². The van der Waals surface area contributed by atoms with Crippen LogP contribution in [-0.4, -0.2) is 16.7 Å². The van der Waals surface area contributed by atoms with Crippen LogP contribution in [0.1, 0.15) is 17.2 Å². The summed E-state index contributed by atoms with van der Waals surface area (Å²) in [6.45, 7) is 0.138. The van der Waals surface area contributed by atoms with Crippen LogP contribution in [0.3, 0.4) is 0 Å². The molecular weight excluding hydrogens is 224 g/mol. The molecule has 0 bridgehead atoms. The first-order chi connectivity index (χ1) is 8.22. The van der Waals surface area contributed by atoms with Crippen LogP contribution in [0.4, 0.5) is 8.78 Å². The zero-order valence-electron chi connectivity index (χ0n) is 8.98. The van der Waals surface area contributed by atoms with Crippen LogP contribution >= 0.6 is 0 Å². The monoisotopic (exact) mass is 235 g/mol. The summed E-state index contributed by atoms with van der Waals surface area (Å²) in [6, 6.07) is 6.67. The molecule has 0 aliphatic carbocycles. The van der Waals surface area contributed by atoms with E-state index in [9.17, 15) is 8.78 Å². The molecule has 2 N–H and O–H groups in total. The van der Waals surface area contributed by atoms with Gasteiger partial charge in [-0.05, 0) is 30.3 Å². The summed E-state index contributed by atoms with van der Waals surface area (Å²) < 4.78 is 26.7. The average Bonchev–Trinajstić information content (AvgIpc) is 2.36. The topological polar surface area (TPSA) is 51.8 Å². The van der Waals surface area contributed by atoms with Gasteiger partial charge in [-0.25, -0.2) is 8.78 Å². The number of rotatable bonds is 3. The number of nitrogens with two attached hydrogens (primary N) is 1. The molecule has 0 saturated heterocycles. The van der Waals surface area contributed by atoms with Crippen molar-refractivity contribution in [3.05, 3.63) is 59.4 Å². The molecule has 1 unspecified atom stereocenters. The fourth-order valence-corrected chi connectivity index (χ4v) is 1.69. The van der Waals surface area contributed by atoms with Crippen LogP contribution < -0.4 is 5.73 Å². The van der Waals surface area contributed by atoms with E-state index in [0.29, 0.717) is 5.69 Å². The Bertz CT molecular complexity index is 502. The van der Waals surface area contributed by atoms with Gasteiger partial charge in [0.25, 0.3) is 0 Å². The van der Waals surface area contributed by atoms with Gasteiger partial charge < -0.3 is 5.73 Å². The Morgan fingerprint density at radius 2 is 2.06 bits per heavy atom. The molecule has 1 aromatic carbocycles. The number of halogens is 2. The Kier molecular flexibility index (Phi) is 3.39. The maximum absolute atomic E-state index is 13.6. The molecule has 1 aromatic heterocycles. The summed E-state index contributed by atoms with van der Waals surface area (Å²) in [5.74, 6) is -1.48. The van der Waals surface area contributed by atoms with E-state index in [0.717, 1.165) is 18.2 Å². The first kappa shape index (κ1) is 11.6. The Morgan fingerprint density at radius 3 is 2.71 bits per heavy atom. The van der Waals surface area contributed by atoms with Crippen LogP contribution in [0.2, 0.25) is 0 Å². The normalized spacial score (nSPS) is 12.4. The Hall–Kier alpha value is -1.88. The highest BCUT2D eigenvalue weighted by atomic mass is 19.1. The number of aromatic nitrogens is 2. The van der Waals surface area contributed by atoms with Crippen molar-refractivity contribution in [1.82, 2.24) is 10.2 Å². The second-order valence-corrected chi connectivity index (χ2v) is 3.60. The molecule has 2 rings (SSSR count). The lowest BCUT2D eigenvalue weighted by Gasteiger charge is -2.14. The van der Waals surface area contributed by atoms with Crippen LogP contribution in [0.5, 0.6) is 0 Å². The average molecular weight is 235 g/mol. The highest BCUT2D eigenvalue weighted by Gasteiger charge is 2.18. The summed E-state index contributed by atoms with van der Waals surface area (Å²) in [5, 5.41) is 7.59. The van der Waals surface area contributed by atoms with E-state index in [1.165, 1.54) is 6.20 Å². The second kappa shape index (κ2) is 4.97. The Labute approximate surface area is 97.3 Å². The minimum absolute atomic E-state index is 0.138. The van der Waals surface area contributed by atoms with Crippen LogP contribution in [-0.2, 0) is 0 Å². The van der Waals surface area contributed by atoms with Crippen LogP contribution in [0.25, 0.3) is 0 Å². The summed E-state index contributed by atoms with van der Waals surface area (Å²) in [5.41, 5.74) is 6.33. The standard InChI is InChI=1S/C12H11F2N3/c13-8-3-4-11(14)9(6-8)10(7-15)12-2-1-5-16-17-12/h1-6,10H,7,15H2. The van der Waals surface area contributed by atoms with Gasteiger partial charge in [-0.3, -0.25) is 0 Å². The van der Waals surface area contributed by atoms with Crippen molar-refractivity contribution in [3.63, 3.8) is 0 Å². The van der Waals surface area contributed by atoms with E-state index in [4.69, 9.17) is 5.73 Å². The molecule has 5 heteroatoms.